The molecule has 1 N–H and O–H groups in total. The van der Waals surface area contributed by atoms with Crippen LogP contribution in [0.15, 0.2) is 123 Å². The number of hydrogen-bond acceptors (Lipinski definition) is 5. The zero-order valence-corrected chi connectivity index (χ0v) is 21.3. The molecule has 0 atom stereocenters. The van der Waals surface area contributed by atoms with Crippen LogP contribution in [0.1, 0.15) is 0 Å². The van der Waals surface area contributed by atoms with E-state index in [-0.39, 0.29) is 4.90 Å². The maximum atomic E-state index is 13.7. The lowest BCUT2D eigenvalue weighted by atomic mass is 10.3. The molecular weight excluding hydrogens is 484 g/mol. The predicted molar refractivity (Wildman–Crippen MR) is 138 cm³/mol. The maximum absolute atomic E-state index is 13.7. The van der Waals surface area contributed by atoms with Gasteiger partial charge in [-0.05, 0) is 84.9 Å². The lowest BCUT2D eigenvalue weighted by molar-refractivity contribution is 0.386. The molecule has 0 aliphatic heterocycles. The summed E-state index contributed by atoms with van der Waals surface area (Å²) < 4.78 is 48.2. The zero-order chi connectivity index (χ0) is 24.9. The molecule has 0 fully saturated rings. The third-order valence-corrected chi connectivity index (χ3v) is 10.9. The van der Waals surface area contributed by atoms with Gasteiger partial charge < -0.3 is 14.2 Å². The third kappa shape index (κ3) is 5.00. The van der Waals surface area contributed by atoms with Gasteiger partial charge >= 0.3 is 10.1 Å². The van der Waals surface area contributed by atoms with Crippen LogP contribution >= 0.6 is 10.3 Å². The molecule has 6 nitrogen and oxygen atoms in total. The van der Waals surface area contributed by atoms with E-state index < -0.39 is 20.4 Å². The fourth-order valence-corrected chi connectivity index (χ4v) is 9.10. The average molecular weight is 512 g/mol. The molecule has 4 aromatic rings. The van der Waals surface area contributed by atoms with Gasteiger partial charge in [-0.3, -0.25) is 3.63 Å². The number of ether oxygens (including phenoxy) is 3. The van der Waals surface area contributed by atoms with Crippen molar-refractivity contribution >= 4 is 20.4 Å². The van der Waals surface area contributed by atoms with Crippen molar-refractivity contribution in [2.45, 2.75) is 19.6 Å². The highest BCUT2D eigenvalue weighted by Gasteiger charge is 2.43. The molecular formula is C27H27O6S2+. The predicted octanol–water partition coefficient (Wildman–Crippen LogP) is 6.39. The summed E-state index contributed by atoms with van der Waals surface area (Å²) in [6.07, 6.45) is 0. The fourth-order valence-electron chi connectivity index (χ4n) is 3.64. The molecule has 0 heterocycles. The third-order valence-electron chi connectivity index (χ3n) is 5.45. The van der Waals surface area contributed by atoms with Gasteiger partial charge in [0.25, 0.3) is 0 Å². The van der Waals surface area contributed by atoms with Gasteiger partial charge in [0.15, 0.2) is 0 Å². The first-order valence-corrected chi connectivity index (χ1v) is 13.8. The summed E-state index contributed by atoms with van der Waals surface area (Å²) in [5, 5.41) is 0. The quantitative estimate of drug-likeness (QED) is 0.192. The molecule has 8 heteroatoms. The Labute approximate surface area is 207 Å². The van der Waals surface area contributed by atoms with Crippen LogP contribution in [-0.2, 0) is 10.1 Å². The summed E-state index contributed by atoms with van der Waals surface area (Å²) in [5.74, 6) is 1.99. The van der Waals surface area contributed by atoms with Crippen LogP contribution in [0.2, 0.25) is 0 Å². The van der Waals surface area contributed by atoms with Gasteiger partial charge in [-0.25, -0.2) is 0 Å². The van der Waals surface area contributed by atoms with E-state index in [1.165, 1.54) is 0 Å². The van der Waals surface area contributed by atoms with Crippen LogP contribution in [0, 0.1) is 0 Å². The Kier molecular flexibility index (Phi) is 7.35. The summed E-state index contributed by atoms with van der Waals surface area (Å²) in [5.41, 5.74) is 0. The number of hydrogen-bond donors (Lipinski definition) is 0. The van der Waals surface area contributed by atoms with Gasteiger partial charge in [-0.15, -0.1) is 8.42 Å². The second kappa shape index (κ2) is 10.4. The van der Waals surface area contributed by atoms with Crippen LogP contribution in [0.5, 0.6) is 17.2 Å². The Balaban J connectivity index is 2.01. The smallest absolute Gasteiger partial charge is 0.422 e. The Bertz CT molecular complexity index is 1240. The van der Waals surface area contributed by atoms with Crippen molar-refractivity contribution in [2.75, 3.05) is 21.3 Å². The average Bonchev–Trinajstić information content (AvgIpc) is 2.92. The SMILES string of the molecule is COc1ccc(S([OH+]S(=O)(=O)c2ccccc2)(c2ccc(OC)cc2)c2ccc(OC)cc2)cc1. The minimum atomic E-state index is -4.04. The van der Waals surface area contributed by atoms with Crippen molar-refractivity contribution < 1.29 is 26.3 Å². The largest absolute Gasteiger partial charge is 0.497 e. The molecule has 0 saturated heterocycles. The normalized spacial score (nSPS) is 12.1. The van der Waals surface area contributed by atoms with Gasteiger partial charge in [-0.2, -0.15) is 0 Å². The lowest BCUT2D eigenvalue weighted by Crippen LogP contribution is -2.18. The molecule has 0 radical (unpaired) electrons. The van der Waals surface area contributed by atoms with E-state index in [0.717, 1.165) is 14.7 Å². The van der Waals surface area contributed by atoms with Crippen LogP contribution in [0.25, 0.3) is 0 Å². The van der Waals surface area contributed by atoms with Crippen molar-refractivity contribution in [3.05, 3.63) is 103 Å². The minimum Gasteiger partial charge on any atom is -0.497 e. The van der Waals surface area contributed by atoms with E-state index in [4.69, 9.17) is 17.8 Å². The van der Waals surface area contributed by atoms with Crippen LogP contribution in [0.4, 0.5) is 0 Å². The van der Waals surface area contributed by atoms with Crippen molar-refractivity contribution in [1.29, 1.82) is 0 Å². The van der Waals surface area contributed by atoms with Crippen molar-refractivity contribution in [3.8, 4) is 17.2 Å². The Morgan fingerprint density at radius 2 is 0.829 bits per heavy atom. The summed E-state index contributed by atoms with van der Waals surface area (Å²) >= 11 is 0. The molecule has 4 rings (SSSR count). The Morgan fingerprint density at radius 1 is 0.486 bits per heavy atom. The highest BCUT2D eigenvalue weighted by molar-refractivity contribution is 8.32. The van der Waals surface area contributed by atoms with Gasteiger partial charge in [0.2, 0.25) is 0 Å². The second-order valence-corrected chi connectivity index (χ2v) is 12.1. The number of rotatable bonds is 9. The van der Waals surface area contributed by atoms with Gasteiger partial charge in [-0.1, -0.05) is 18.2 Å². The Morgan fingerprint density at radius 3 is 1.14 bits per heavy atom. The highest BCUT2D eigenvalue weighted by Crippen LogP contribution is 2.69. The summed E-state index contributed by atoms with van der Waals surface area (Å²) in [7, 11) is -1.92. The summed E-state index contributed by atoms with van der Waals surface area (Å²) in [6, 6.07) is 30.4. The van der Waals surface area contributed by atoms with E-state index in [2.05, 4.69) is 0 Å². The lowest BCUT2D eigenvalue weighted by Gasteiger charge is -2.35. The zero-order valence-electron chi connectivity index (χ0n) is 19.6. The summed E-state index contributed by atoms with van der Waals surface area (Å²) in [4.78, 5) is 2.36. The maximum Gasteiger partial charge on any atom is 0.422 e. The van der Waals surface area contributed by atoms with E-state index >= 15 is 0 Å². The minimum absolute atomic E-state index is 0.132. The van der Waals surface area contributed by atoms with Crippen LogP contribution in [0.3, 0.4) is 0 Å². The van der Waals surface area contributed by atoms with Crippen molar-refractivity contribution in [3.63, 3.8) is 0 Å². The molecule has 0 spiro atoms. The standard InChI is InChI=1S/C27H26O6S2/c1-30-21-9-15-24(16-10-21)34(25-17-11-22(31-2)12-18-25,26-19-13-23(32-3)14-20-26)33-35(28,29)27-7-5-4-6-8-27/h4-20H,1-3H3/p+1. The second-order valence-electron chi connectivity index (χ2n) is 7.47. The van der Waals surface area contributed by atoms with Gasteiger partial charge in [0.05, 0.1) is 46.3 Å². The Hall–Kier alpha value is -3.46. The molecule has 0 aliphatic carbocycles. The van der Waals surface area contributed by atoms with Crippen molar-refractivity contribution in [2.24, 2.45) is 0 Å². The summed E-state index contributed by atoms with van der Waals surface area (Å²) in [6.45, 7) is 0. The fraction of sp³-hybridized carbons (Fsp3) is 0.111. The topological polar surface area (TPSA) is 74.6 Å². The monoisotopic (exact) mass is 511 g/mol. The number of methoxy groups -OCH3 is 3. The van der Waals surface area contributed by atoms with Crippen LogP contribution < -0.4 is 14.2 Å². The first kappa shape index (κ1) is 24.7. The number of benzene rings is 4. The molecule has 182 valence electrons. The molecule has 0 aliphatic rings. The van der Waals surface area contributed by atoms with E-state index in [1.54, 1.807) is 51.7 Å². The first-order valence-electron chi connectivity index (χ1n) is 10.7. The first-order chi connectivity index (χ1) is 16.9. The van der Waals surface area contributed by atoms with Crippen LogP contribution in [-0.4, -0.2) is 33.4 Å². The van der Waals surface area contributed by atoms with E-state index in [1.807, 2.05) is 72.8 Å². The van der Waals surface area contributed by atoms with E-state index in [0.29, 0.717) is 17.2 Å². The van der Waals surface area contributed by atoms with Gasteiger partial charge in [0, 0.05) is 0 Å². The molecule has 0 saturated carbocycles. The molecule has 0 amide bonds. The molecule has 0 unspecified atom stereocenters. The highest BCUT2D eigenvalue weighted by atomic mass is 32.3. The van der Waals surface area contributed by atoms with Gasteiger partial charge in [0.1, 0.15) is 22.1 Å². The molecule has 0 aromatic heterocycles. The van der Waals surface area contributed by atoms with E-state index in [9.17, 15) is 8.42 Å². The molecule has 4 aromatic carbocycles. The molecule has 35 heavy (non-hydrogen) atoms. The van der Waals surface area contributed by atoms with Crippen molar-refractivity contribution in [1.82, 2.24) is 0 Å². The molecule has 0 bridgehead atoms.